The lowest BCUT2D eigenvalue weighted by atomic mass is 10.1. The summed E-state index contributed by atoms with van der Waals surface area (Å²) in [5.74, 6) is -0.0500. The van der Waals surface area contributed by atoms with E-state index in [2.05, 4.69) is 6.92 Å². The first-order chi connectivity index (χ1) is 10.6. The third-order valence-electron chi connectivity index (χ3n) is 3.78. The number of rotatable bonds is 10. The molecule has 0 saturated carbocycles. The van der Waals surface area contributed by atoms with Gasteiger partial charge in [0.2, 0.25) is 0 Å². The Morgan fingerprint density at radius 1 is 1.05 bits per heavy atom. The van der Waals surface area contributed by atoms with Gasteiger partial charge in [-0.1, -0.05) is 39.0 Å². The summed E-state index contributed by atoms with van der Waals surface area (Å²) in [6.45, 7) is 5.56. The van der Waals surface area contributed by atoms with Crippen LogP contribution in [0.2, 0.25) is 0 Å². The maximum Gasteiger partial charge on any atom is 0.269 e. The van der Waals surface area contributed by atoms with E-state index in [0.717, 1.165) is 19.4 Å². The number of carbonyl (C=O) groups is 1. The van der Waals surface area contributed by atoms with E-state index < -0.39 is 4.92 Å². The molecule has 0 saturated heterocycles. The SMILES string of the molecule is CCCCCCCCN(CC)C(=O)c1ccc([N+](=O)[O-])cc1. The first-order valence-corrected chi connectivity index (χ1v) is 8.13. The highest BCUT2D eigenvalue weighted by atomic mass is 16.6. The second-order valence-electron chi connectivity index (χ2n) is 5.46. The highest BCUT2D eigenvalue weighted by Crippen LogP contribution is 2.14. The monoisotopic (exact) mass is 306 g/mol. The summed E-state index contributed by atoms with van der Waals surface area (Å²) >= 11 is 0. The second-order valence-corrected chi connectivity index (χ2v) is 5.46. The molecule has 1 aromatic carbocycles. The number of hydrogen-bond acceptors (Lipinski definition) is 3. The quantitative estimate of drug-likeness (QED) is 0.365. The van der Waals surface area contributed by atoms with Gasteiger partial charge in [0, 0.05) is 30.8 Å². The van der Waals surface area contributed by atoms with Crippen molar-refractivity contribution in [3.8, 4) is 0 Å². The van der Waals surface area contributed by atoms with Gasteiger partial charge in [0.05, 0.1) is 4.92 Å². The maximum absolute atomic E-state index is 12.4. The predicted octanol–water partition coefficient (Wildman–Crippen LogP) is 4.42. The summed E-state index contributed by atoms with van der Waals surface area (Å²) in [6, 6.07) is 5.83. The molecule has 5 nitrogen and oxygen atoms in total. The van der Waals surface area contributed by atoms with Gasteiger partial charge >= 0.3 is 0 Å². The zero-order chi connectivity index (χ0) is 16.4. The first-order valence-electron chi connectivity index (χ1n) is 8.13. The average Bonchev–Trinajstić information content (AvgIpc) is 2.54. The summed E-state index contributed by atoms with van der Waals surface area (Å²) in [4.78, 5) is 24.4. The van der Waals surface area contributed by atoms with E-state index in [1.165, 1.54) is 49.9 Å². The van der Waals surface area contributed by atoms with E-state index in [4.69, 9.17) is 0 Å². The Morgan fingerprint density at radius 2 is 1.64 bits per heavy atom. The van der Waals surface area contributed by atoms with Crippen LogP contribution in [0.5, 0.6) is 0 Å². The number of hydrogen-bond donors (Lipinski definition) is 0. The number of unbranched alkanes of at least 4 members (excludes halogenated alkanes) is 5. The van der Waals surface area contributed by atoms with Gasteiger partial charge in [0.15, 0.2) is 0 Å². The van der Waals surface area contributed by atoms with Crippen molar-refractivity contribution in [3.05, 3.63) is 39.9 Å². The fraction of sp³-hybridized carbons (Fsp3) is 0.588. The van der Waals surface area contributed by atoms with E-state index in [9.17, 15) is 14.9 Å². The fourth-order valence-corrected chi connectivity index (χ4v) is 2.39. The molecule has 0 fully saturated rings. The molecule has 0 bridgehead atoms. The van der Waals surface area contributed by atoms with Crippen LogP contribution in [0.4, 0.5) is 5.69 Å². The molecule has 122 valence electrons. The molecular formula is C17H26N2O3. The molecule has 0 aliphatic carbocycles. The highest BCUT2D eigenvalue weighted by Gasteiger charge is 2.15. The van der Waals surface area contributed by atoms with Crippen LogP contribution in [-0.4, -0.2) is 28.8 Å². The molecule has 1 aromatic rings. The van der Waals surface area contributed by atoms with Crippen LogP contribution in [0.15, 0.2) is 24.3 Å². The van der Waals surface area contributed by atoms with Gasteiger partial charge in [-0.15, -0.1) is 0 Å². The minimum Gasteiger partial charge on any atom is -0.339 e. The highest BCUT2D eigenvalue weighted by molar-refractivity contribution is 5.94. The van der Waals surface area contributed by atoms with Crippen LogP contribution < -0.4 is 0 Å². The van der Waals surface area contributed by atoms with Crippen LogP contribution >= 0.6 is 0 Å². The van der Waals surface area contributed by atoms with Gasteiger partial charge in [0.25, 0.3) is 11.6 Å². The Kier molecular flexibility index (Phi) is 8.18. The van der Waals surface area contributed by atoms with Crippen LogP contribution in [0.3, 0.4) is 0 Å². The number of benzene rings is 1. The third kappa shape index (κ3) is 5.84. The van der Waals surface area contributed by atoms with Gasteiger partial charge in [-0.25, -0.2) is 0 Å². The number of nitro benzene ring substituents is 1. The average molecular weight is 306 g/mol. The lowest BCUT2D eigenvalue weighted by molar-refractivity contribution is -0.384. The molecular weight excluding hydrogens is 280 g/mol. The first kappa shape index (κ1) is 18.1. The Hall–Kier alpha value is -1.91. The molecule has 22 heavy (non-hydrogen) atoms. The number of amides is 1. The van der Waals surface area contributed by atoms with E-state index in [1.807, 2.05) is 6.92 Å². The topological polar surface area (TPSA) is 63.5 Å². The number of nitro groups is 1. The zero-order valence-electron chi connectivity index (χ0n) is 13.6. The van der Waals surface area contributed by atoms with E-state index in [-0.39, 0.29) is 11.6 Å². The number of non-ortho nitro benzene ring substituents is 1. The van der Waals surface area contributed by atoms with Crippen molar-refractivity contribution >= 4 is 11.6 Å². The van der Waals surface area contributed by atoms with Crippen LogP contribution in [0, 0.1) is 10.1 Å². The molecule has 0 aromatic heterocycles. The lowest BCUT2D eigenvalue weighted by Gasteiger charge is -2.20. The summed E-state index contributed by atoms with van der Waals surface area (Å²) in [6.07, 6.45) is 7.15. The van der Waals surface area contributed by atoms with Gasteiger partial charge in [-0.2, -0.15) is 0 Å². The van der Waals surface area contributed by atoms with Gasteiger partial charge in [0.1, 0.15) is 0 Å². The van der Waals surface area contributed by atoms with E-state index >= 15 is 0 Å². The van der Waals surface area contributed by atoms with Crippen molar-refractivity contribution in [2.24, 2.45) is 0 Å². The predicted molar refractivity (Wildman–Crippen MR) is 88.0 cm³/mol. The molecule has 1 rings (SSSR count). The third-order valence-corrected chi connectivity index (χ3v) is 3.78. The number of nitrogens with zero attached hydrogens (tertiary/aromatic N) is 2. The van der Waals surface area contributed by atoms with Crippen molar-refractivity contribution in [1.82, 2.24) is 4.90 Å². The minimum absolute atomic E-state index is 0.00974. The fourth-order valence-electron chi connectivity index (χ4n) is 2.39. The van der Waals surface area contributed by atoms with Gasteiger partial charge < -0.3 is 4.90 Å². The van der Waals surface area contributed by atoms with Crippen LogP contribution in [0.1, 0.15) is 62.7 Å². The normalized spacial score (nSPS) is 10.5. The van der Waals surface area contributed by atoms with Crippen molar-refractivity contribution in [2.75, 3.05) is 13.1 Å². The van der Waals surface area contributed by atoms with Gasteiger partial charge in [-0.05, 0) is 25.5 Å². The molecule has 0 atom stereocenters. The summed E-state index contributed by atoms with van der Waals surface area (Å²) in [7, 11) is 0. The number of carbonyl (C=O) groups excluding carboxylic acids is 1. The molecule has 0 N–H and O–H groups in total. The molecule has 0 aliphatic rings. The van der Waals surface area contributed by atoms with Crippen LogP contribution in [0.25, 0.3) is 0 Å². The summed E-state index contributed by atoms with van der Waals surface area (Å²) in [5.41, 5.74) is 0.522. The van der Waals surface area contributed by atoms with E-state index in [1.54, 1.807) is 4.90 Å². The Labute approximate surface area is 132 Å². The summed E-state index contributed by atoms with van der Waals surface area (Å²) in [5, 5.41) is 10.6. The minimum atomic E-state index is -0.456. The van der Waals surface area contributed by atoms with Gasteiger partial charge in [-0.3, -0.25) is 14.9 Å². The van der Waals surface area contributed by atoms with Crippen LogP contribution in [-0.2, 0) is 0 Å². The maximum atomic E-state index is 12.4. The molecule has 0 heterocycles. The van der Waals surface area contributed by atoms with Crippen molar-refractivity contribution < 1.29 is 9.72 Å². The second kappa shape index (κ2) is 9.92. The lowest BCUT2D eigenvalue weighted by Crippen LogP contribution is -2.31. The molecule has 0 unspecified atom stereocenters. The molecule has 0 radical (unpaired) electrons. The Balaban J connectivity index is 2.48. The summed E-state index contributed by atoms with van der Waals surface area (Å²) < 4.78 is 0. The zero-order valence-corrected chi connectivity index (χ0v) is 13.6. The molecule has 0 spiro atoms. The van der Waals surface area contributed by atoms with E-state index in [0.29, 0.717) is 12.1 Å². The van der Waals surface area contributed by atoms with Crippen molar-refractivity contribution in [2.45, 2.75) is 52.4 Å². The van der Waals surface area contributed by atoms with Crippen molar-refractivity contribution in [3.63, 3.8) is 0 Å². The standard InChI is InChI=1S/C17H26N2O3/c1-3-5-6-7-8-9-14-18(4-2)17(20)15-10-12-16(13-11-15)19(21)22/h10-13H,3-9,14H2,1-2H3. The van der Waals surface area contributed by atoms with Crippen molar-refractivity contribution in [1.29, 1.82) is 0 Å². The molecule has 0 aliphatic heterocycles. The molecule has 5 heteroatoms. The smallest absolute Gasteiger partial charge is 0.269 e. The Morgan fingerprint density at radius 3 is 2.18 bits per heavy atom. The molecule has 1 amide bonds. The largest absolute Gasteiger partial charge is 0.339 e. The Bertz CT molecular complexity index is 471.